The molecule has 0 amide bonds. The maximum Gasteiger partial charge on any atom is 0.198 e. The highest BCUT2D eigenvalue weighted by atomic mass is 16.2. The average molecular weight is 512 g/mol. The Balaban J connectivity index is 1.62. The summed E-state index contributed by atoms with van der Waals surface area (Å²) in [6, 6.07) is 23.9. The third kappa shape index (κ3) is 5.68. The Hall–Kier alpha value is -4.50. The summed E-state index contributed by atoms with van der Waals surface area (Å²) in [4.78, 5) is 29.1. The molecule has 1 heterocycles. The first-order chi connectivity index (χ1) is 18.9. The van der Waals surface area contributed by atoms with E-state index in [4.69, 9.17) is 0 Å². The number of nitrogens with zero attached hydrogens (tertiary/aromatic N) is 1. The van der Waals surface area contributed by atoms with Crippen LogP contribution in [0.15, 0.2) is 120 Å². The van der Waals surface area contributed by atoms with Gasteiger partial charge in [0.1, 0.15) is 0 Å². The molecule has 3 aromatic carbocycles. The maximum absolute atomic E-state index is 13.4. The fourth-order valence-corrected chi connectivity index (χ4v) is 4.89. The summed E-state index contributed by atoms with van der Waals surface area (Å²) in [6.45, 7) is 7.16. The van der Waals surface area contributed by atoms with Crippen LogP contribution in [0.2, 0.25) is 0 Å². The van der Waals surface area contributed by atoms with Crippen molar-refractivity contribution in [3.63, 3.8) is 0 Å². The Labute approximate surface area is 231 Å². The second-order valence-electron chi connectivity index (χ2n) is 10.2. The first-order valence-electron chi connectivity index (χ1n) is 13.6. The smallest absolute Gasteiger partial charge is 0.198 e. The van der Waals surface area contributed by atoms with E-state index in [1.54, 1.807) is 12.1 Å². The van der Waals surface area contributed by atoms with Gasteiger partial charge in [0.2, 0.25) is 0 Å². The first kappa shape index (κ1) is 26.1. The van der Waals surface area contributed by atoms with E-state index in [1.165, 1.54) is 11.1 Å². The van der Waals surface area contributed by atoms with E-state index < -0.39 is 0 Å². The zero-order valence-corrected chi connectivity index (χ0v) is 22.8. The van der Waals surface area contributed by atoms with Crippen LogP contribution in [0.4, 0.5) is 0 Å². The Morgan fingerprint density at radius 1 is 0.641 bits per heavy atom. The predicted molar refractivity (Wildman–Crippen MR) is 160 cm³/mol. The van der Waals surface area contributed by atoms with Gasteiger partial charge in [-0.1, -0.05) is 109 Å². The van der Waals surface area contributed by atoms with Crippen LogP contribution >= 0.6 is 0 Å². The van der Waals surface area contributed by atoms with E-state index >= 15 is 0 Å². The summed E-state index contributed by atoms with van der Waals surface area (Å²) in [6.07, 6.45) is 14.4. The number of aryl methyl sites for hydroxylation is 2. The lowest BCUT2D eigenvalue weighted by Crippen LogP contribution is -2.25. The molecule has 0 saturated heterocycles. The summed E-state index contributed by atoms with van der Waals surface area (Å²) in [5.74, 6) is -0.410. The van der Waals surface area contributed by atoms with Crippen LogP contribution in [-0.2, 0) is 0 Å². The van der Waals surface area contributed by atoms with Gasteiger partial charge in [0.15, 0.2) is 11.6 Å². The third-order valence-electron chi connectivity index (χ3n) is 7.17. The highest BCUT2D eigenvalue weighted by Gasteiger charge is 2.35. The molecule has 39 heavy (non-hydrogen) atoms. The molecular weight excluding hydrogens is 478 g/mol. The Morgan fingerprint density at radius 2 is 1.10 bits per heavy atom. The number of hydrogen-bond acceptors (Lipinski definition) is 3. The first-order valence-corrected chi connectivity index (χ1v) is 13.6. The third-order valence-corrected chi connectivity index (χ3v) is 7.17. The van der Waals surface area contributed by atoms with E-state index in [-0.39, 0.29) is 17.1 Å². The monoisotopic (exact) mass is 511 g/mol. The zero-order valence-electron chi connectivity index (χ0n) is 22.8. The molecule has 0 saturated carbocycles. The molecule has 0 atom stereocenters. The number of carbonyl (C=O) groups is 2. The van der Waals surface area contributed by atoms with E-state index in [0.717, 1.165) is 41.9 Å². The molecule has 0 radical (unpaired) electrons. The van der Waals surface area contributed by atoms with Gasteiger partial charge in [-0.05, 0) is 61.3 Å². The molecule has 0 spiro atoms. The van der Waals surface area contributed by atoms with Crippen LogP contribution in [0.3, 0.4) is 0 Å². The summed E-state index contributed by atoms with van der Waals surface area (Å²) < 4.78 is 0. The number of rotatable bonds is 7. The van der Waals surface area contributed by atoms with Gasteiger partial charge in [-0.15, -0.1) is 0 Å². The van der Waals surface area contributed by atoms with Crippen LogP contribution in [0.5, 0.6) is 0 Å². The number of Topliss-reactive ketones (excluding diaryl/α,β-unsaturated/α-hetero) is 2. The van der Waals surface area contributed by atoms with Gasteiger partial charge in [-0.25, -0.2) is 0 Å². The van der Waals surface area contributed by atoms with Crippen LogP contribution in [0.25, 0.3) is 12.2 Å². The largest absolute Gasteiger partial charge is 0.341 e. The molecule has 0 bridgehead atoms. The highest BCUT2D eigenvalue weighted by molar-refractivity contribution is 6.40. The molecule has 194 valence electrons. The number of carbonyl (C=O) groups excluding carboxylic acids is 2. The summed E-state index contributed by atoms with van der Waals surface area (Å²) >= 11 is 0. The van der Waals surface area contributed by atoms with Crippen molar-refractivity contribution in [3.05, 3.63) is 153 Å². The van der Waals surface area contributed by atoms with Crippen molar-refractivity contribution in [1.82, 2.24) is 4.90 Å². The maximum atomic E-state index is 13.4. The molecule has 0 fully saturated rings. The minimum absolute atomic E-state index is 0.205. The lowest BCUT2D eigenvalue weighted by atomic mass is 9.97. The van der Waals surface area contributed by atoms with E-state index in [1.807, 2.05) is 24.3 Å². The van der Waals surface area contributed by atoms with Crippen molar-refractivity contribution < 1.29 is 9.59 Å². The van der Waals surface area contributed by atoms with E-state index in [2.05, 4.69) is 98.5 Å². The standard InChI is InChI=1S/C36H33NO2/c1-4-5-22-37-30(20-18-27-14-10-25(2)11-15-27)23-29(24-31(37)21-19-28-16-12-26(3)13-17-28)34-35(38)32-8-6-7-9-33(32)36(34)39/h6-21,23-24H,4-5,22H2,1-3H3/b20-18+,21-19+. The van der Waals surface area contributed by atoms with Crippen molar-refractivity contribution in [2.75, 3.05) is 6.54 Å². The molecule has 3 heteroatoms. The van der Waals surface area contributed by atoms with Crippen molar-refractivity contribution in [3.8, 4) is 0 Å². The zero-order chi connectivity index (χ0) is 27.4. The molecular formula is C36H33NO2. The summed E-state index contributed by atoms with van der Waals surface area (Å²) in [5, 5.41) is 0. The minimum atomic E-state index is -0.205. The number of unbranched alkanes of at least 4 members (excludes halogenated alkanes) is 1. The van der Waals surface area contributed by atoms with Gasteiger partial charge in [-0.3, -0.25) is 9.59 Å². The molecule has 3 aromatic rings. The van der Waals surface area contributed by atoms with Crippen LogP contribution in [0, 0.1) is 13.8 Å². The van der Waals surface area contributed by atoms with Gasteiger partial charge < -0.3 is 4.90 Å². The highest BCUT2D eigenvalue weighted by Crippen LogP contribution is 2.34. The van der Waals surface area contributed by atoms with E-state index in [0.29, 0.717) is 16.7 Å². The molecule has 1 aliphatic heterocycles. The van der Waals surface area contributed by atoms with Crippen molar-refractivity contribution in [2.24, 2.45) is 0 Å². The van der Waals surface area contributed by atoms with Gasteiger partial charge >= 0.3 is 0 Å². The molecule has 2 aliphatic rings. The SMILES string of the molecule is CCCCN1C(/C=C/c2ccc(C)cc2)=CC(=C2C(=O)c3ccccc3C2=O)C=C1/C=C/c1ccc(C)cc1. The Bertz CT molecular complexity index is 1450. The lowest BCUT2D eigenvalue weighted by Gasteiger charge is -2.31. The van der Waals surface area contributed by atoms with Crippen molar-refractivity contribution in [1.29, 1.82) is 0 Å². The lowest BCUT2D eigenvalue weighted by molar-refractivity contribution is 0.0988. The molecule has 5 rings (SSSR count). The van der Waals surface area contributed by atoms with Crippen molar-refractivity contribution >= 4 is 23.7 Å². The fraction of sp³-hybridized carbons (Fsp3) is 0.167. The Morgan fingerprint density at radius 3 is 1.54 bits per heavy atom. The summed E-state index contributed by atoms with van der Waals surface area (Å²) in [5.41, 5.74) is 8.38. The number of ketones is 2. The quantitative estimate of drug-likeness (QED) is 0.237. The number of benzene rings is 3. The molecule has 3 nitrogen and oxygen atoms in total. The average Bonchev–Trinajstić information content (AvgIpc) is 3.21. The second-order valence-corrected chi connectivity index (χ2v) is 10.2. The van der Waals surface area contributed by atoms with Gasteiger partial charge in [0.25, 0.3) is 0 Å². The molecule has 0 unspecified atom stereocenters. The van der Waals surface area contributed by atoms with Crippen LogP contribution < -0.4 is 0 Å². The summed E-state index contributed by atoms with van der Waals surface area (Å²) in [7, 11) is 0. The number of allylic oxidation sites excluding steroid dienone is 6. The topological polar surface area (TPSA) is 37.4 Å². The molecule has 0 aromatic heterocycles. The fourth-order valence-electron chi connectivity index (χ4n) is 4.89. The number of fused-ring (bicyclic) bond motifs is 1. The second kappa shape index (κ2) is 11.5. The predicted octanol–water partition coefficient (Wildman–Crippen LogP) is 8.29. The molecule has 0 N–H and O–H groups in total. The van der Waals surface area contributed by atoms with E-state index in [9.17, 15) is 9.59 Å². The Kier molecular flexibility index (Phi) is 7.69. The van der Waals surface area contributed by atoms with Gasteiger partial charge in [0, 0.05) is 29.1 Å². The van der Waals surface area contributed by atoms with Crippen LogP contribution in [0.1, 0.15) is 62.7 Å². The molecule has 1 aliphatic carbocycles. The van der Waals surface area contributed by atoms with Crippen LogP contribution in [-0.4, -0.2) is 23.0 Å². The van der Waals surface area contributed by atoms with Gasteiger partial charge in [0.05, 0.1) is 5.57 Å². The normalized spacial score (nSPS) is 15.4. The minimum Gasteiger partial charge on any atom is -0.341 e. The number of hydrogen-bond donors (Lipinski definition) is 0. The van der Waals surface area contributed by atoms with Crippen molar-refractivity contribution in [2.45, 2.75) is 33.6 Å². The van der Waals surface area contributed by atoms with Gasteiger partial charge in [-0.2, -0.15) is 0 Å².